The second-order valence-corrected chi connectivity index (χ2v) is 2.18. The maximum Gasteiger partial charge on any atom is 0.143 e. The first kappa shape index (κ1) is 6.86. The molecule has 1 aromatic rings. The SMILES string of the molecule is CNn1ccc(C)cc1=N. The highest BCUT2D eigenvalue weighted by molar-refractivity contribution is 5.07. The fraction of sp³-hybridized carbons (Fsp3) is 0.286. The molecule has 0 saturated carbocycles. The molecule has 1 heterocycles. The van der Waals surface area contributed by atoms with Crippen LogP contribution in [-0.4, -0.2) is 11.7 Å². The molecule has 54 valence electrons. The number of nitrogens with zero attached hydrogens (tertiary/aromatic N) is 1. The van der Waals surface area contributed by atoms with E-state index in [-0.39, 0.29) is 0 Å². The van der Waals surface area contributed by atoms with Crippen LogP contribution in [0.25, 0.3) is 0 Å². The summed E-state index contributed by atoms with van der Waals surface area (Å²) in [5.74, 6) is 0. The Bertz CT molecular complexity index is 274. The lowest BCUT2D eigenvalue weighted by molar-refractivity contribution is 0.825. The summed E-state index contributed by atoms with van der Waals surface area (Å²) in [5, 5.41) is 7.41. The smallest absolute Gasteiger partial charge is 0.143 e. The number of nitrogens with one attached hydrogen (secondary N) is 2. The molecule has 0 aliphatic heterocycles. The lowest BCUT2D eigenvalue weighted by Gasteiger charge is -2.04. The van der Waals surface area contributed by atoms with Gasteiger partial charge in [0, 0.05) is 13.2 Å². The molecule has 0 aromatic carbocycles. The first-order valence-corrected chi connectivity index (χ1v) is 3.15. The van der Waals surface area contributed by atoms with E-state index in [9.17, 15) is 0 Å². The summed E-state index contributed by atoms with van der Waals surface area (Å²) in [5.41, 5.74) is 4.43. The zero-order valence-electron chi connectivity index (χ0n) is 6.18. The number of aromatic nitrogens is 1. The van der Waals surface area contributed by atoms with Gasteiger partial charge in [0.25, 0.3) is 0 Å². The Hall–Kier alpha value is -1.25. The van der Waals surface area contributed by atoms with Crippen molar-refractivity contribution in [3.05, 3.63) is 29.4 Å². The molecule has 0 spiro atoms. The molecule has 10 heavy (non-hydrogen) atoms. The van der Waals surface area contributed by atoms with Gasteiger partial charge in [0.05, 0.1) is 0 Å². The van der Waals surface area contributed by atoms with E-state index in [1.807, 2.05) is 19.2 Å². The van der Waals surface area contributed by atoms with Crippen LogP contribution in [0.3, 0.4) is 0 Å². The molecule has 0 fully saturated rings. The first-order chi connectivity index (χ1) is 4.74. The molecule has 2 N–H and O–H groups in total. The van der Waals surface area contributed by atoms with Crippen LogP contribution in [0, 0.1) is 12.3 Å². The van der Waals surface area contributed by atoms with Crippen molar-refractivity contribution in [2.45, 2.75) is 6.92 Å². The lowest BCUT2D eigenvalue weighted by atomic mass is 10.3. The monoisotopic (exact) mass is 137 g/mol. The second kappa shape index (κ2) is 2.56. The van der Waals surface area contributed by atoms with E-state index in [0.717, 1.165) is 5.56 Å². The van der Waals surface area contributed by atoms with E-state index in [1.165, 1.54) is 0 Å². The molecule has 0 radical (unpaired) electrons. The molecule has 1 aromatic heterocycles. The van der Waals surface area contributed by atoms with E-state index in [1.54, 1.807) is 17.8 Å². The van der Waals surface area contributed by atoms with Gasteiger partial charge in [-0.1, -0.05) is 0 Å². The second-order valence-electron chi connectivity index (χ2n) is 2.18. The van der Waals surface area contributed by atoms with Crippen LogP contribution in [0.1, 0.15) is 5.56 Å². The van der Waals surface area contributed by atoms with Crippen molar-refractivity contribution >= 4 is 0 Å². The maximum atomic E-state index is 7.41. The van der Waals surface area contributed by atoms with Crippen LogP contribution >= 0.6 is 0 Å². The highest BCUT2D eigenvalue weighted by Gasteiger charge is 1.86. The van der Waals surface area contributed by atoms with Crippen molar-refractivity contribution < 1.29 is 0 Å². The van der Waals surface area contributed by atoms with Gasteiger partial charge in [-0.25, -0.2) is 0 Å². The van der Waals surface area contributed by atoms with E-state index in [4.69, 9.17) is 5.41 Å². The summed E-state index contributed by atoms with van der Waals surface area (Å²) in [4.78, 5) is 0. The van der Waals surface area contributed by atoms with Crippen molar-refractivity contribution in [3.63, 3.8) is 0 Å². The molecule has 0 unspecified atom stereocenters. The number of hydrogen-bond donors (Lipinski definition) is 2. The predicted molar refractivity (Wildman–Crippen MR) is 40.3 cm³/mol. The minimum Gasteiger partial charge on any atom is -0.328 e. The van der Waals surface area contributed by atoms with Gasteiger partial charge in [-0.15, -0.1) is 0 Å². The lowest BCUT2D eigenvalue weighted by Crippen LogP contribution is -2.25. The largest absolute Gasteiger partial charge is 0.328 e. The molecular weight excluding hydrogens is 126 g/mol. The van der Waals surface area contributed by atoms with Crippen LogP contribution < -0.4 is 10.9 Å². The molecule has 0 aliphatic carbocycles. The van der Waals surface area contributed by atoms with Crippen molar-refractivity contribution in [3.8, 4) is 0 Å². The summed E-state index contributed by atoms with van der Waals surface area (Å²) in [6.07, 6.45) is 1.83. The molecule has 0 atom stereocenters. The van der Waals surface area contributed by atoms with Gasteiger partial charge in [0.1, 0.15) is 5.49 Å². The molecule has 0 bridgehead atoms. The van der Waals surface area contributed by atoms with Crippen LogP contribution in [0.2, 0.25) is 0 Å². The van der Waals surface area contributed by atoms with E-state index < -0.39 is 0 Å². The van der Waals surface area contributed by atoms with Gasteiger partial charge in [-0.3, -0.25) is 10.1 Å². The van der Waals surface area contributed by atoms with Crippen molar-refractivity contribution in [1.82, 2.24) is 4.68 Å². The minimum absolute atomic E-state index is 0.475. The Balaban J connectivity index is 3.20. The third-order valence-electron chi connectivity index (χ3n) is 1.35. The van der Waals surface area contributed by atoms with E-state index in [0.29, 0.717) is 5.49 Å². The van der Waals surface area contributed by atoms with Crippen LogP contribution in [-0.2, 0) is 0 Å². The fourth-order valence-electron chi connectivity index (χ4n) is 0.801. The normalized spacial score (nSPS) is 9.40. The third kappa shape index (κ3) is 1.18. The third-order valence-corrected chi connectivity index (χ3v) is 1.35. The van der Waals surface area contributed by atoms with Gasteiger partial charge < -0.3 is 5.43 Å². The van der Waals surface area contributed by atoms with Gasteiger partial charge in [-0.05, 0) is 24.6 Å². The van der Waals surface area contributed by atoms with E-state index in [2.05, 4.69) is 5.43 Å². The van der Waals surface area contributed by atoms with Crippen molar-refractivity contribution in [1.29, 1.82) is 5.41 Å². The van der Waals surface area contributed by atoms with Gasteiger partial charge in [0.2, 0.25) is 0 Å². The van der Waals surface area contributed by atoms with Crippen LogP contribution in [0.5, 0.6) is 0 Å². The van der Waals surface area contributed by atoms with E-state index >= 15 is 0 Å². The topological polar surface area (TPSA) is 40.8 Å². The Morgan fingerprint density at radius 1 is 1.60 bits per heavy atom. The average Bonchev–Trinajstić information content (AvgIpc) is 1.88. The molecule has 0 saturated heterocycles. The molecule has 0 aliphatic rings. The molecule has 3 nitrogen and oxygen atoms in total. The Morgan fingerprint density at radius 3 is 2.80 bits per heavy atom. The molecule has 1 rings (SSSR count). The summed E-state index contributed by atoms with van der Waals surface area (Å²) in [6, 6.07) is 3.76. The summed E-state index contributed by atoms with van der Waals surface area (Å²) in [6.45, 7) is 1.97. The summed E-state index contributed by atoms with van der Waals surface area (Å²) in [7, 11) is 1.79. The Labute approximate surface area is 59.8 Å². The number of aryl methyl sites for hydroxylation is 1. The average molecular weight is 137 g/mol. The predicted octanol–water partition coefficient (Wildman–Crippen LogP) is 0.449. The van der Waals surface area contributed by atoms with Crippen molar-refractivity contribution in [2.24, 2.45) is 0 Å². The Kier molecular flexibility index (Phi) is 1.76. The zero-order chi connectivity index (χ0) is 7.56. The summed E-state index contributed by atoms with van der Waals surface area (Å²) < 4.78 is 1.65. The molecular formula is C7H11N3. The first-order valence-electron chi connectivity index (χ1n) is 3.15. The van der Waals surface area contributed by atoms with Gasteiger partial charge in [0.15, 0.2) is 0 Å². The van der Waals surface area contributed by atoms with Crippen molar-refractivity contribution in [2.75, 3.05) is 12.5 Å². The van der Waals surface area contributed by atoms with Gasteiger partial charge >= 0.3 is 0 Å². The Morgan fingerprint density at radius 2 is 2.30 bits per heavy atom. The number of rotatable bonds is 1. The van der Waals surface area contributed by atoms with Crippen LogP contribution in [0.4, 0.5) is 0 Å². The summed E-state index contributed by atoms with van der Waals surface area (Å²) >= 11 is 0. The quantitative estimate of drug-likeness (QED) is 0.579. The standard InChI is InChI=1S/C7H11N3/c1-6-3-4-10(9-2)7(8)5-6/h3-5,8-9H,1-2H3. The minimum atomic E-state index is 0.475. The fourth-order valence-corrected chi connectivity index (χ4v) is 0.801. The highest BCUT2D eigenvalue weighted by atomic mass is 15.4. The van der Waals surface area contributed by atoms with Crippen LogP contribution in [0.15, 0.2) is 18.3 Å². The maximum absolute atomic E-state index is 7.41. The highest BCUT2D eigenvalue weighted by Crippen LogP contribution is 1.87. The molecule has 0 amide bonds. The number of pyridine rings is 1. The zero-order valence-corrected chi connectivity index (χ0v) is 6.18. The van der Waals surface area contributed by atoms with Gasteiger partial charge in [-0.2, -0.15) is 0 Å². The number of hydrogen-bond acceptors (Lipinski definition) is 2. The molecule has 3 heteroatoms.